The van der Waals surface area contributed by atoms with Gasteiger partial charge < -0.3 is 24.1 Å². The number of aromatic carboxylic acids is 2. The van der Waals surface area contributed by atoms with Crippen LogP contribution in [0.1, 0.15) is 38.8 Å². The highest BCUT2D eigenvalue weighted by Crippen LogP contribution is 2.44. The van der Waals surface area contributed by atoms with Crippen molar-refractivity contribution < 1.29 is 29.3 Å². The molecule has 3 aromatic heterocycles. The summed E-state index contributed by atoms with van der Waals surface area (Å²) in [6.07, 6.45) is 0.631. The minimum atomic E-state index is -1.31. The lowest BCUT2D eigenvalue weighted by atomic mass is 9.96. The molecule has 35 heavy (non-hydrogen) atoms. The van der Waals surface area contributed by atoms with Crippen LogP contribution >= 0.6 is 0 Å². The molecule has 0 aliphatic carbocycles. The molecule has 3 heterocycles. The van der Waals surface area contributed by atoms with Crippen LogP contribution in [0, 0.1) is 0 Å². The van der Waals surface area contributed by atoms with Crippen molar-refractivity contribution in [2.24, 2.45) is 0 Å². The molecule has 0 aliphatic heterocycles. The van der Waals surface area contributed by atoms with Crippen LogP contribution in [0.15, 0.2) is 66.7 Å². The first-order valence-electron chi connectivity index (χ1n) is 11.2. The largest absolute Gasteiger partial charge is 0.495 e. The van der Waals surface area contributed by atoms with Crippen molar-refractivity contribution in [1.29, 1.82) is 0 Å². The van der Waals surface area contributed by atoms with Crippen LogP contribution in [0.5, 0.6) is 11.5 Å². The average Bonchev–Trinajstić information content (AvgIpc) is 3.39. The zero-order valence-electron chi connectivity index (χ0n) is 19.2. The van der Waals surface area contributed by atoms with E-state index in [1.54, 1.807) is 10.5 Å². The fourth-order valence-corrected chi connectivity index (χ4v) is 4.81. The van der Waals surface area contributed by atoms with Gasteiger partial charge in [0.05, 0.1) is 18.1 Å². The lowest BCUT2D eigenvalue weighted by Gasteiger charge is -2.09. The molecular formula is C28H23NO6. The third-order valence-corrected chi connectivity index (χ3v) is 6.28. The van der Waals surface area contributed by atoms with E-state index in [0.29, 0.717) is 35.6 Å². The number of pyridine rings is 1. The molecule has 0 amide bonds. The Morgan fingerprint density at radius 2 is 1.51 bits per heavy atom. The van der Waals surface area contributed by atoms with Crippen LogP contribution in [-0.4, -0.2) is 33.7 Å². The zero-order chi connectivity index (χ0) is 24.7. The number of methoxy groups -OCH3 is 1. The van der Waals surface area contributed by atoms with Crippen LogP contribution in [0.2, 0.25) is 0 Å². The Hall–Kier alpha value is -4.52. The lowest BCUT2D eigenvalue weighted by Crippen LogP contribution is -2.06. The molecule has 7 heteroatoms. The van der Waals surface area contributed by atoms with Crippen LogP contribution in [0.25, 0.3) is 27.7 Å². The van der Waals surface area contributed by atoms with Gasteiger partial charge in [-0.1, -0.05) is 49.4 Å². The molecule has 5 aromatic rings. The van der Waals surface area contributed by atoms with E-state index in [-0.39, 0.29) is 16.6 Å². The fourth-order valence-electron chi connectivity index (χ4n) is 4.81. The minimum absolute atomic E-state index is 0.244. The van der Waals surface area contributed by atoms with Gasteiger partial charge >= 0.3 is 11.9 Å². The van der Waals surface area contributed by atoms with Gasteiger partial charge in [0.25, 0.3) is 0 Å². The summed E-state index contributed by atoms with van der Waals surface area (Å²) in [5, 5.41) is 20.1. The topological polar surface area (TPSA) is 97.5 Å². The van der Waals surface area contributed by atoms with Crippen molar-refractivity contribution in [2.75, 3.05) is 7.11 Å². The second-order valence-corrected chi connectivity index (χ2v) is 8.19. The Morgan fingerprint density at radius 1 is 0.857 bits per heavy atom. The SMILES string of the molecule is CCc1c(-c2ccc(OCc3ccccc3)cc2)c2c(C(=O)O)c(C(=O)O)c3c(OC)ccc1n32. The number of carboxylic acid groups (broad SMARTS) is 2. The monoisotopic (exact) mass is 469 g/mol. The standard InChI is InChI=1S/C28H23NO6/c1-3-19-20-13-14-21(34-2)25-23(27(30)31)24(28(32)33)26(29(20)25)22(19)17-9-11-18(12-10-17)35-15-16-7-5-4-6-8-16/h4-14H,3,15H2,1-2H3,(H,30,31)(H,32,33). The van der Waals surface area contributed by atoms with E-state index in [2.05, 4.69) is 0 Å². The van der Waals surface area contributed by atoms with Gasteiger partial charge in [0, 0.05) is 5.56 Å². The molecule has 0 atom stereocenters. The van der Waals surface area contributed by atoms with E-state index in [9.17, 15) is 19.8 Å². The van der Waals surface area contributed by atoms with Crippen molar-refractivity contribution in [3.63, 3.8) is 0 Å². The lowest BCUT2D eigenvalue weighted by molar-refractivity contribution is 0.0655. The highest BCUT2D eigenvalue weighted by molar-refractivity contribution is 6.18. The van der Waals surface area contributed by atoms with E-state index < -0.39 is 11.9 Å². The zero-order valence-corrected chi connectivity index (χ0v) is 19.2. The van der Waals surface area contributed by atoms with Crippen LogP contribution in [0.4, 0.5) is 0 Å². The second kappa shape index (κ2) is 8.68. The van der Waals surface area contributed by atoms with Gasteiger partial charge in [-0.05, 0) is 47.4 Å². The Bertz CT molecular complexity index is 1550. The fraction of sp³-hybridized carbons (Fsp3) is 0.143. The molecule has 2 N–H and O–H groups in total. The van der Waals surface area contributed by atoms with Crippen molar-refractivity contribution >= 4 is 28.5 Å². The first-order valence-corrected chi connectivity index (χ1v) is 11.2. The number of ether oxygens (including phenoxy) is 2. The van der Waals surface area contributed by atoms with Gasteiger partial charge in [-0.3, -0.25) is 0 Å². The minimum Gasteiger partial charge on any atom is -0.495 e. The number of carbonyl (C=O) groups is 2. The molecule has 0 aliphatic rings. The van der Waals surface area contributed by atoms with Gasteiger partial charge in [0.15, 0.2) is 0 Å². The molecule has 0 unspecified atom stereocenters. The van der Waals surface area contributed by atoms with E-state index in [4.69, 9.17) is 9.47 Å². The summed E-state index contributed by atoms with van der Waals surface area (Å²) in [5.74, 6) is -1.63. The Kier molecular flexibility index (Phi) is 5.53. The number of hydrogen-bond acceptors (Lipinski definition) is 4. The van der Waals surface area contributed by atoms with Gasteiger partial charge in [0.2, 0.25) is 0 Å². The van der Waals surface area contributed by atoms with Gasteiger partial charge in [-0.15, -0.1) is 0 Å². The summed E-state index contributed by atoms with van der Waals surface area (Å²) in [6, 6.07) is 20.8. The summed E-state index contributed by atoms with van der Waals surface area (Å²) < 4.78 is 13.0. The Morgan fingerprint density at radius 3 is 2.11 bits per heavy atom. The molecule has 5 rings (SSSR count). The van der Waals surface area contributed by atoms with E-state index in [0.717, 1.165) is 22.2 Å². The average molecular weight is 469 g/mol. The van der Waals surface area contributed by atoms with Crippen molar-refractivity contribution in [2.45, 2.75) is 20.0 Å². The third-order valence-electron chi connectivity index (χ3n) is 6.28. The smallest absolute Gasteiger partial charge is 0.338 e. The predicted octanol–water partition coefficient (Wildman–Crippen LogP) is 5.74. The molecular weight excluding hydrogens is 446 g/mol. The maximum Gasteiger partial charge on any atom is 0.338 e. The van der Waals surface area contributed by atoms with E-state index >= 15 is 0 Å². The maximum absolute atomic E-state index is 12.4. The maximum atomic E-state index is 12.4. The van der Waals surface area contributed by atoms with Crippen LogP contribution in [0.3, 0.4) is 0 Å². The molecule has 2 aromatic carbocycles. The number of nitrogens with zero attached hydrogens (tertiary/aromatic N) is 1. The van der Waals surface area contributed by atoms with Crippen molar-refractivity contribution in [1.82, 2.24) is 4.40 Å². The summed E-state index contributed by atoms with van der Waals surface area (Å²) >= 11 is 0. The summed E-state index contributed by atoms with van der Waals surface area (Å²) in [6.45, 7) is 2.42. The summed E-state index contributed by atoms with van der Waals surface area (Å²) in [7, 11) is 1.44. The predicted molar refractivity (Wildman–Crippen MR) is 132 cm³/mol. The van der Waals surface area contributed by atoms with Crippen molar-refractivity contribution in [3.05, 3.63) is 89.0 Å². The first-order chi connectivity index (χ1) is 17.0. The summed E-state index contributed by atoms with van der Waals surface area (Å²) in [4.78, 5) is 24.6. The Balaban J connectivity index is 1.70. The third kappa shape index (κ3) is 3.52. The van der Waals surface area contributed by atoms with Crippen LogP contribution < -0.4 is 9.47 Å². The molecule has 176 valence electrons. The quantitative estimate of drug-likeness (QED) is 0.301. The number of rotatable bonds is 8. The molecule has 0 radical (unpaired) electrons. The first kappa shape index (κ1) is 22.3. The molecule has 0 fully saturated rings. The van der Waals surface area contributed by atoms with Crippen LogP contribution in [-0.2, 0) is 13.0 Å². The number of benzene rings is 2. The van der Waals surface area contributed by atoms with Gasteiger partial charge in [0.1, 0.15) is 34.7 Å². The molecule has 7 nitrogen and oxygen atoms in total. The van der Waals surface area contributed by atoms with E-state index in [1.165, 1.54) is 7.11 Å². The highest BCUT2D eigenvalue weighted by atomic mass is 16.5. The summed E-state index contributed by atoms with van der Waals surface area (Å²) in [5.41, 5.74) is 4.30. The highest BCUT2D eigenvalue weighted by Gasteiger charge is 2.33. The van der Waals surface area contributed by atoms with Gasteiger partial charge in [-0.2, -0.15) is 0 Å². The van der Waals surface area contributed by atoms with Gasteiger partial charge in [-0.25, -0.2) is 9.59 Å². The van der Waals surface area contributed by atoms with E-state index in [1.807, 2.05) is 67.6 Å². The van der Waals surface area contributed by atoms with Crippen molar-refractivity contribution in [3.8, 4) is 22.6 Å². The Labute approximate surface area is 201 Å². The number of aromatic nitrogens is 1. The molecule has 0 saturated heterocycles. The number of hydrogen-bond donors (Lipinski definition) is 2. The molecule has 0 bridgehead atoms. The number of carboxylic acids is 2. The second-order valence-electron chi connectivity index (χ2n) is 8.19. The number of aryl methyl sites for hydroxylation is 1. The normalized spacial score (nSPS) is 11.3. The molecule has 0 spiro atoms. The molecule has 0 saturated carbocycles.